The van der Waals surface area contributed by atoms with Crippen LogP contribution >= 0.6 is 11.8 Å². The summed E-state index contributed by atoms with van der Waals surface area (Å²) in [5.41, 5.74) is 1.09. The number of nitrogens with zero attached hydrogens (tertiary/aromatic N) is 2. The van der Waals surface area contributed by atoms with Crippen LogP contribution in [-0.4, -0.2) is 28.1 Å². The van der Waals surface area contributed by atoms with Crippen LogP contribution in [0.4, 0.5) is 5.95 Å². The van der Waals surface area contributed by atoms with Crippen LogP contribution in [0.25, 0.3) is 0 Å². The Morgan fingerprint density at radius 1 is 1.60 bits per heavy atom. The van der Waals surface area contributed by atoms with E-state index in [9.17, 15) is 0 Å². The van der Waals surface area contributed by atoms with E-state index in [4.69, 9.17) is 0 Å². The highest BCUT2D eigenvalue weighted by atomic mass is 32.2. The van der Waals surface area contributed by atoms with E-state index < -0.39 is 0 Å². The maximum atomic E-state index is 4.47. The number of nitrogens with one attached hydrogen (secondary N) is 1. The summed E-state index contributed by atoms with van der Waals surface area (Å²) in [6.07, 6.45) is 5.47. The predicted octanol–water partition coefficient (Wildman–Crippen LogP) is 2.94. The molecule has 4 heteroatoms. The van der Waals surface area contributed by atoms with Crippen molar-refractivity contribution in [3.8, 4) is 0 Å². The van der Waals surface area contributed by atoms with E-state index in [1.807, 2.05) is 18.7 Å². The van der Waals surface area contributed by atoms with Crippen molar-refractivity contribution in [1.29, 1.82) is 0 Å². The van der Waals surface area contributed by atoms with Gasteiger partial charge in [0.05, 0.1) is 5.69 Å². The zero-order valence-electron chi connectivity index (χ0n) is 10.1. The Hall–Kier alpha value is -0.640. The third-order valence-corrected chi connectivity index (χ3v) is 3.05. The van der Waals surface area contributed by atoms with Gasteiger partial charge in [-0.3, -0.25) is 0 Å². The van der Waals surface area contributed by atoms with Gasteiger partial charge in [-0.25, -0.2) is 4.98 Å². The molecule has 0 radical (unpaired) electrons. The first kappa shape index (κ1) is 12.4. The number of rotatable bonds is 6. The van der Waals surface area contributed by atoms with Gasteiger partial charge in [-0.2, -0.15) is 11.8 Å². The summed E-state index contributed by atoms with van der Waals surface area (Å²) < 4.78 is 2.25. The number of hydrogen-bond acceptors (Lipinski definition) is 3. The highest BCUT2D eigenvalue weighted by molar-refractivity contribution is 7.98. The summed E-state index contributed by atoms with van der Waals surface area (Å²) in [6.45, 7) is 7.31. The van der Waals surface area contributed by atoms with Crippen molar-refractivity contribution in [2.24, 2.45) is 0 Å². The number of aromatic nitrogens is 2. The minimum atomic E-state index is 0.521. The minimum absolute atomic E-state index is 0.521. The van der Waals surface area contributed by atoms with Crippen LogP contribution in [-0.2, 0) is 0 Å². The summed E-state index contributed by atoms with van der Waals surface area (Å²) >= 11 is 1.90. The summed E-state index contributed by atoms with van der Waals surface area (Å²) in [7, 11) is 0. The van der Waals surface area contributed by atoms with Gasteiger partial charge >= 0.3 is 0 Å². The highest BCUT2D eigenvalue weighted by Crippen LogP contribution is 2.19. The Bertz CT molecular complexity index is 296. The number of anilines is 1. The Morgan fingerprint density at radius 3 is 2.93 bits per heavy atom. The van der Waals surface area contributed by atoms with Crippen molar-refractivity contribution in [1.82, 2.24) is 9.55 Å². The summed E-state index contributed by atoms with van der Waals surface area (Å²) in [5.74, 6) is 2.20. The molecule has 0 aliphatic heterocycles. The second kappa shape index (κ2) is 6.05. The molecule has 15 heavy (non-hydrogen) atoms. The maximum Gasteiger partial charge on any atom is 0.203 e. The smallest absolute Gasteiger partial charge is 0.203 e. The van der Waals surface area contributed by atoms with Crippen molar-refractivity contribution >= 4 is 17.7 Å². The van der Waals surface area contributed by atoms with Gasteiger partial charge in [0.2, 0.25) is 5.95 Å². The van der Waals surface area contributed by atoms with Crippen LogP contribution < -0.4 is 5.32 Å². The molecule has 0 aliphatic rings. The Morgan fingerprint density at radius 2 is 2.33 bits per heavy atom. The van der Waals surface area contributed by atoms with E-state index in [1.54, 1.807) is 0 Å². The van der Waals surface area contributed by atoms with Gasteiger partial charge in [0, 0.05) is 18.8 Å². The number of imidazole rings is 1. The number of hydrogen-bond donors (Lipinski definition) is 1. The van der Waals surface area contributed by atoms with Crippen LogP contribution in [0.3, 0.4) is 0 Å². The molecule has 0 aliphatic carbocycles. The fourth-order valence-electron chi connectivity index (χ4n) is 1.57. The molecule has 0 amide bonds. The predicted molar refractivity (Wildman–Crippen MR) is 68.8 cm³/mol. The molecule has 1 N–H and O–H groups in total. The van der Waals surface area contributed by atoms with Gasteiger partial charge in [0.15, 0.2) is 0 Å². The average Bonchev–Trinajstić information content (AvgIpc) is 2.57. The van der Waals surface area contributed by atoms with Crippen LogP contribution in [0, 0.1) is 6.92 Å². The zero-order chi connectivity index (χ0) is 11.3. The second-order valence-corrected chi connectivity index (χ2v) is 4.76. The van der Waals surface area contributed by atoms with Crippen LogP contribution in [0.5, 0.6) is 0 Å². The lowest BCUT2D eigenvalue weighted by Crippen LogP contribution is -2.11. The van der Waals surface area contributed by atoms with Gasteiger partial charge in [-0.1, -0.05) is 0 Å². The lowest BCUT2D eigenvalue weighted by molar-refractivity contribution is 0.539. The molecule has 0 spiro atoms. The molecule has 1 rings (SSSR count). The number of aryl methyl sites for hydroxylation is 1. The number of thioether (sulfide) groups is 1. The Balaban J connectivity index is 2.72. The summed E-state index contributed by atoms with van der Waals surface area (Å²) in [5, 5.41) is 3.30. The Kier molecular flexibility index (Phi) is 5.02. The zero-order valence-corrected chi connectivity index (χ0v) is 10.9. The van der Waals surface area contributed by atoms with E-state index in [0.29, 0.717) is 6.04 Å². The van der Waals surface area contributed by atoms with Gasteiger partial charge < -0.3 is 9.88 Å². The van der Waals surface area contributed by atoms with Gasteiger partial charge in [-0.15, -0.1) is 0 Å². The summed E-state index contributed by atoms with van der Waals surface area (Å²) in [6, 6.07) is 0.521. The minimum Gasteiger partial charge on any atom is -0.356 e. The third-order valence-electron chi connectivity index (χ3n) is 2.40. The topological polar surface area (TPSA) is 29.9 Å². The molecule has 1 aromatic heterocycles. The van der Waals surface area contributed by atoms with Crippen LogP contribution in [0.15, 0.2) is 6.20 Å². The van der Waals surface area contributed by atoms with Crippen LogP contribution in [0.1, 0.15) is 32.0 Å². The maximum absolute atomic E-state index is 4.47. The molecule has 86 valence electrons. The lowest BCUT2D eigenvalue weighted by Gasteiger charge is -2.15. The van der Waals surface area contributed by atoms with Gasteiger partial charge in [-0.05, 0) is 39.2 Å². The largest absolute Gasteiger partial charge is 0.356 e. The lowest BCUT2D eigenvalue weighted by atomic mass is 10.2. The fourth-order valence-corrected chi connectivity index (χ4v) is 2.15. The van der Waals surface area contributed by atoms with E-state index in [0.717, 1.165) is 18.2 Å². The highest BCUT2D eigenvalue weighted by Gasteiger charge is 2.10. The normalized spacial score (nSPS) is 12.8. The molecule has 0 saturated carbocycles. The second-order valence-electron chi connectivity index (χ2n) is 3.77. The standard InChI is InChI=1S/C11H21N3S/c1-5-12-11-13-9(2)8-14(11)10(3)6-7-15-4/h8,10H,5-7H2,1-4H3,(H,12,13). The van der Waals surface area contributed by atoms with Gasteiger partial charge in [0.25, 0.3) is 0 Å². The molecular formula is C11H21N3S. The third kappa shape index (κ3) is 3.45. The molecule has 1 heterocycles. The van der Waals surface area contributed by atoms with E-state index >= 15 is 0 Å². The molecular weight excluding hydrogens is 206 g/mol. The molecule has 1 atom stereocenters. The monoisotopic (exact) mass is 227 g/mol. The average molecular weight is 227 g/mol. The van der Waals surface area contributed by atoms with E-state index in [-0.39, 0.29) is 0 Å². The first-order valence-electron chi connectivity index (χ1n) is 5.47. The van der Waals surface area contributed by atoms with Crippen molar-refractivity contribution < 1.29 is 0 Å². The van der Waals surface area contributed by atoms with E-state index in [2.05, 4.69) is 41.2 Å². The molecule has 1 aromatic rings. The van der Waals surface area contributed by atoms with Crippen molar-refractivity contribution in [2.45, 2.75) is 33.2 Å². The van der Waals surface area contributed by atoms with Crippen molar-refractivity contribution in [3.05, 3.63) is 11.9 Å². The molecule has 0 bridgehead atoms. The SMILES string of the molecule is CCNc1nc(C)cn1C(C)CCSC. The molecule has 3 nitrogen and oxygen atoms in total. The van der Waals surface area contributed by atoms with E-state index in [1.165, 1.54) is 12.2 Å². The van der Waals surface area contributed by atoms with Crippen molar-refractivity contribution in [3.63, 3.8) is 0 Å². The van der Waals surface area contributed by atoms with Gasteiger partial charge in [0.1, 0.15) is 0 Å². The fraction of sp³-hybridized carbons (Fsp3) is 0.727. The first-order chi connectivity index (χ1) is 7.19. The molecule has 0 aromatic carbocycles. The molecule has 0 fully saturated rings. The van der Waals surface area contributed by atoms with Crippen LogP contribution in [0.2, 0.25) is 0 Å². The first-order valence-corrected chi connectivity index (χ1v) is 6.86. The molecule has 0 saturated heterocycles. The van der Waals surface area contributed by atoms with Crippen molar-refractivity contribution in [2.75, 3.05) is 23.9 Å². The summed E-state index contributed by atoms with van der Waals surface area (Å²) in [4.78, 5) is 4.47. The Labute approximate surface area is 96.7 Å². The quantitative estimate of drug-likeness (QED) is 0.810. The molecule has 1 unspecified atom stereocenters.